The second kappa shape index (κ2) is 2.44. The number of ether oxygens (including phenoxy) is 2. The SMILES string of the molecule is CCC1COC(O)O1. The maximum atomic E-state index is 8.59. The highest BCUT2D eigenvalue weighted by Gasteiger charge is 2.21. The van der Waals surface area contributed by atoms with Gasteiger partial charge in [0.25, 0.3) is 6.48 Å². The van der Waals surface area contributed by atoms with E-state index < -0.39 is 6.48 Å². The Balaban J connectivity index is 2.22. The first-order chi connectivity index (χ1) is 3.83. The van der Waals surface area contributed by atoms with Gasteiger partial charge >= 0.3 is 0 Å². The minimum atomic E-state index is -0.972. The summed E-state index contributed by atoms with van der Waals surface area (Å²) in [5.41, 5.74) is 0. The van der Waals surface area contributed by atoms with E-state index in [2.05, 4.69) is 4.74 Å². The molecule has 3 heteroatoms. The highest BCUT2D eigenvalue weighted by molar-refractivity contribution is 4.56. The zero-order valence-electron chi connectivity index (χ0n) is 4.83. The van der Waals surface area contributed by atoms with Crippen LogP contribution in [0.5, 0.6) is 0 Å². The Hall–Kier alpha value is -0.120. The summed E-state index contributed by atoms with van der Waals surface area (Å²) in [4.78, 5) is 0. The molecule has 2 atom stereocenters. The van der Waals surface area contributed by atoms with Crippen molar-refractivity contribution in [1.82, 2.24) is 0 Å². The lowest BCUT2D eigenvalue weighted by atomic mass is 10.3. The van der Waals surface area contributed by atoms with E-state index in [0.29, 0.717) is 6.61 Å². The Labute approximate surface area is 48.2 Å². The van der Waals surface area contributed by atoms with Gasteiger partial charge in [0.15, 0.2) is 0 Å². The van der Waals surface area contributed by atoms with Gasteiger partial charge in [-0.1, -0.05) is 6.92 Å². The van der Waals surface area contributed by atoms with Crippen molar-refractivity contribution in [2.24, 2.45) is 0 Å². The molecule has 0 aliphatic carbocycles. The van der Waals surface area contributed by atoms with Crippen LogP contribution in [0.25, 0.3) is 0 Å². The molecule has 1 rings (SSSR count). The molecule has 0 aromatic heterocycles. The van der Waals surface area contributed by atoms with E-state index in [1.165, 1.54) is 0 Å². The molecule has 0 amide bonds. The van der Waals surface area contributed by atoms with Crippen molar-refractivity contribution in [2.45, 2.75) is 25.9 Å². The van der Waals surface area contributed by atoms with Crippen LogP contribution in [0.2, 0.25) is 0 Å². The third-order valence-electron chi connectivity index (χ3n) is 1.19. The highest BCUT2D eigenvalue weighted by Crippen LogP contribution is 2.10. The first-order valence-electron chi connectivity index (χ1n) is 2.78. The number of aliphatic hydroxyl groups excluding tert-OH is 1. The fourth-order valence-corrected chi connectivity index (χ4v) is 0.647. The average Bonchev–Trinajstić information content (AvgIpc) is 2.14. The van der Waals surface area contributed by atoms with Crippen LogP contribution in [0.15, 0.2) is 0 Å². The number of hydrogen-bond donors (Lipinski definition) is 1. The molecule has 0 aromatic carbocycles. The van der Waals surface area contributed by atoms with E-state index in [1.807, 2.05) is 6.92 Å². The molecule has 1 aliphatic heterocycles. The van der Waals surface area contributed by atoms with Crippen LogP contribution in [0, 0.1) is 0 Å². The van der Waals surface area contributed by atoms with Gasteiger partial charge in [-0.2, -0.15) is 0 Å². The number of aliphatic hydroxyl groups is 1. The van der Waals surface area contributed by atoms with Gasteiger partial charge < -0.3 is 14.6 Å². The summed E-state index contributed by atoms with van der Waals surface area (Å²) in [6, 6.07) is 0. The van der Waals surface area contributed by atoms with Gasteiger partial charge in [0.05, 0.1) is 12.7 Å². The van der Waals surface area contributed by atoms with Gasteiger partial charge in [-0.25, -0.2) is 0 Å². The van der Waals surface area contributed by atoms with Crippen LogP contribution in [-0.4, -0.2) is 24.3 Å². The molecule has 3 nitrogen and oxygen atoms in total. The zero-order valence-corrected chi connectivity index (χ0v) is 4.83. The van der Waals surface area contributed by atoms with Crippen molar-refractivity contribution in [1.29, 1.82) is 0 Å². The molecule has 0 saturated carbocycles. The van der Waals surface area contributed by atoms with Crippen molar-refractivity contribution in [2.75, 3.05) is 6.61 Å². The van der Waals surface area contributed by atoms with E-state index in [0.717, 1.165) is 6.42 Å². The Kier molecular flexibility index (Phi) is 1.83. The third-order valence-corrected chi connectivity index (χ3v) is 1.19. The molecule has 0 bridgehead atoms. The molecule has 1 heterocycles. The van der Waals surface area contributed by atoms with Gasteiger partial charge in [0.1, 0.15) is 0 Å². The molecule has 1 aliphatic rings. The standard InChI is InChI=1S/C5H10O3/c1-2-4-3-7-5(6)8-4/h4-6H,2-3H2,1H3. The summed E-state index contributed by atoms with van der Waals surface area (Å²) in [5, 5.41) is 8.59. The van der Waals surface area contributed by atoms with Crippen LogP contribution in [-0.2, 0) is 9.47 Å². The Bertz CT molecular complexity index is 74.1. The Morgan fingerprint density at radius 2 is 2.50 bits per heavy atom. The molecule has 2 unspecified atom stereocenters. The van der Waals surface area contributed by atoms with Crippen molar-refractivity contribution in [3.63, 3.8) is 0 Å². The molecule has 0 aromatic rings. The maximum Gasteiger partial charge on any atom is 0.269 e. The minimum absolute atomic E-state index is 0.102. The Morgan fingerprint density at radius 3 is 2.75 bits per heavy atom. The number of hydrogen-bond acceptors (Lipinski definition) is 3. The van der Waals surface area contributed by atoms with Crippen molar-refractivity contribution >= 4 is 0 Å². The van der Waals surface area contributed by atoms with Crippen LogP contribution >= 0.6 is 0 Å². The minimum Gasteiger partial charge on any atom is -0.346 e. The molecular weight excluding hydrogens is 108 g/mol. The summed E-state index contributed by atoms with van der Waals surface area (Å²) < 4.78 is 9.53. The average molecular weight is 118 g/mol. The van der Waals surface area contributed by atoms with Gasteiger partial charge in [-0.3, -0.25) is 0 Å². The smallest absolute Gasteiger partial charge is 0.269 e. The van der Waals surface area contributed by atoms with E-state index in [-0.39, 0.29) is 6.10 Å². The largest absolute Gasteiger partial charge is 0.346 e. The predicted octanol–water partition coefficient (Wildman–Crippen LogP) is 0.0877. The molecule has 0 radical (unpaired) electrons. The summed E-state index contributed by atoms with van der Waals surface area (Å²) >= 11 is 0. The lowest BCUT2D eigenvalue weighted by molar-refractivity contribution is -0.204. The normalized spacial score (nSPS) is 38.2. The topological polar surface area (TPSA) is 38.7 Å². The van der Waals surface area contributed by atoms with Crippen LogP contribution in [0.1, 0.15) is 13.3 Å². The lowest BCUT2D eigenvalue weighted by Gasteiger charge is -2.01. The van der Waals surface area contributed by atoms with Crippen molar-refractivity contribution < 1.29 is 14.6 Å². The highest BCUT2D eigenvalue weighted by atomic mass is 16.8. The molecule has 1 N–H and O–H groups in total. The van der Waals surface area contributed by atoms with Crippen LogP contribution in [0.4, 0.5) is 0 Å². The second-order valence-corrected chi connectivity index (χ2v) is 1.81. The maximum absolute atomic E-state index is 8.59. The van der Waals surface area contributed by atoms with Gasteiger partial charge in [0, 0.05) is 0 Å². The first kappa shape index (κ1) is 6.01. The Morgan fingerprint density at radius 1 is 1.75 bits per heavy atom. The zero-order chi connectivity index (χ0) is 5.98. The molecule has 0 spiro atoms. The molecule has 1 fully saturated rings. The fourth-order valence-electron chi connectivity index (χ4n) is 0.647. The molecule has 8 heavy (non-hydrogen) atoms. The van der Waals surface area contributed by atoms with Gasteiger partial charge in [-0.05, 0) is 6.42 Å². The molecule has 48 valence electrons. The summed E-state index contributed by atoms with van der Waals surface area (Å²) in [6.45, 7) is 1.55. The molecule has 1 saturated heterocycles. The quantitative estimate of drug-likeness (QED) is 0.530. The molecular formula is C5H10O3. The van der Waals surface area contributed by atoms with E-state index >= 15 is 0 Å². The van der Waals surface area contributed by atoms with Crippen LogP contribution in [0.3, 0.4) is 0 Å². The van der Waals surface area contributed by atoms with Crippen LogP contribution < -0.4 is 0 Å². The third kappa shape index (κ3) is 1.18. The predicted molar refractivity (Wildman–Crippen MR) is 27.1 cm³/mol. The number of rotatable bonds is 1. The summed E-state index contributed by atoms with van der Waals surface area (Å²) in [7, 11) is 0. The van der Waals surface area contributed by atoms with Crippen molar-refractivity contribution in [3.8, 4) is 0 Å². The van der Waals surface area contributed by atoms with E-state index in [1.54, 1.807) is 0 Å². The van der Waals surface area contributed by atoms with Crippen molar-refractivity contribution in [3.05, 3.63) is 0 Å². The van der Waals surface area contributed by atoms with Gasteiger partial charge in [-0.15, -0.1) is 0 Å². The second-order valence-electron chi connectivity index (χ2n) is 1.81. The van der Waals surface area contributed by atoms with Gasteiger partial charge in [0.2, 0.25) is 0 Å². The van der Waals surface area contributed by atoms with E-state index in [4.69, 9.17) is 9.84 Å². The summed E-state index contributed by atoms with van der Waals surface area (Å²) in [5.74, 6) is 0. The fraction of sp³-hybridized carbons (Fsp3) is 1.00. The first-order valence-corrected chi connectivity index (χ1v) is 2.78. The lowest BCUT2D eigenvalue weighted by Crippen LogP contribution is -2.09. The summed E-state index contributed by atoms with van der Waals surface area (Å²) in [6.07, 6.45) is 1.00. The van der Waals surface area contributed by atoms with E-state index in [9.17, 15) is 0 Å². The monoisotopic (exact) mass is 118 g/mol.